The Morgan fingerprint density at radius 3 is 2.29 bits per heavy atom. The number of rotatable bonds is 8. The van der Waals surface area contributed by atoms with Crippen molar-refractivity contribution in [1.29, 1.82) is 0 Å². The standard InChI is InChI=1S/C24H19F5N2O4/c1-14-9-18(23(25,26)13-35-19-7-5-16(6-8-19)22(33)34)11-20(31-14)21(32)30-12-15-3-2-4-17(10-15)24(27,28)29/h2-11H,12-13H2,1H3,(H,30,32)(H,33,34). The molecule has 3 aromatic rings. The average molecular weight is 494 g/mol. The second kappa shape index (κ2) is 10.1. The Bertz CT molecular complexity index is 1230. The summed E-state index contributed by atoms with van der Waals surface area (Å²) in [7, 11) is 0. The Hall–Kier alpha value is -4.02. The largest absolute Gasteiger partial charge is 0.487 e. The van der Waals surface area contributed by atoms with Gasteiger partial charge in [0.1, 0.15) is 11.4 Å². The van der Waals surface area contributed by atoms with Crippen molar-refractivity contribution in [3.05, 3.63) is 94.3 Å². The van der Waals surface area contributed by atoms with Crippen LogP contribution in [0.2, 0.25) is 0 Å². The van der Waals surface area contributed by atoms with Gasteiger partial charge in [-0.1, -0.05) is 12.1 Å². The van der Waals surface area contributed by atoms with E-state index in [4.69, 9.17) is 9.84 Å². The molecule has 2 aromatic carbocycles. The maximum Gasteiger partial charge on any atom is 0.416 e. The number of nitrogens with zero attached hydrogens (tertiary/aromatic N) is 1. The molecule has 35 heavy (non-hydrogen) atoms. The molecule has 2 N–H and O–H groups in total. The molecule has 0 saturated carbocycles. The number of aromatic nitrogens is 1. The molecule has 11 heteroatoms. The predicted octanol–water partition coefficient (Wildman–Crippen LogP) is 5.21. The molecule has 3 rings (SSSR count). The summed E-state index contributed by atoms with van der Waals surface area (Å²) in [6.45, 7) is 0.0579. The van der Waals surface area contributed by atoms with Crippen molar-refractivity contribution in [2.24, 2.45) is 0 Å². The Kier molecular flexibility index (Phi) is 7.37. The number of hydrogen-bond donors (Lipinski definition) is 2. The normalized spacial score (nSPS) is 11.7. The molecule has 0 radical (unpaired) electrons. The number of pyridine rings is 1. The van der Waals surface area contributed by atoms with E-state index >= 15 is 0 Å². The van der Waals surface area contributed by atoms with Crippen molar-refractivity contribution in [2.45, 2.75) is 25.6 Å². The number of carboxylic acid groups (broad SMARTS) is 1. The Labute approximate surface area is 196 Å². The van der Waals surface area contributed by atoms with E-state index < -0.39 is 41.7 Å². The monoisotopic (exact) mass is 494 g/mol. The second-order valence-electron chi connectivity index (χ2n) is 7.59. The molecule has 1 aromatic heterocycles. The zero-order valence-electron chi connectivity index (χ0n) is 18.2. The smallest absolute Gasteiger partial charge is 0.416 e. The van der Waals surface area contributed by atoms with E-state index in [1.807, 2.05) is 0 Å². The molecule has 0 spiro atoms. The van der Waals surface area contributed by atoms with Gasteiger partial charge in [0, 0.05) is 17.8 Å². The summed E-state index contributed by atoms with van der Waals surface area (Å²) >= 11 is 0. The minimum atomic E-state index is -4.54. The molecular formula is C24H19F5N2O4. The summed E-state index contributed by atoms with van der Waals surface area (Å²) in [5, 5.41) is 11.3. The van der Waals surface area contributed by atoms with Gasteiger partial charge in [-0.3, -0.25) is 4.79 Å². The van der Waals surface area contributed by atoms with Crippen LogP contribution in [0, 0.1) is 6.92 Å². The highest BCUT2D eigenvalue weighted by Gasteiger charge is 2.34. The van der Waals surface area contributed by atoms with E-state index in [0.717, 1.165) is 24.3 Å². The summed E-state index contributed by atoms with van der Waals surface area (Å²) in [4.78, 5) is 27.3. The molecule has 0 atom stereocenters. The highest BCUT2D eigenvalue weighted by Crippen LogP contribution is 2.31. The van der Waals surface area contributed by atoms with Crippen LogP contribution >= 0.6 is 0 Å². The number of carboxylic acids is 1. The van der Waals surface area contributed by atoms with Gasteiger partial charge in [-0.15, -0.1) is 0 Å². The van der Waals surface area contributed by atoms with E-state index in [0.29, 0.717) is 0 Å². The molecule has 0 aliphatic heterocycles. The minimum Gasteiger partial charge on any atom is -0.487 e. The van der Waals surface area contributed by atoms with Gasteiger partial charge < -0.3 is 15.2 Å². The summed E-state index contributed by atoms with van der Waals surface area (Å²) in [5.41, 5.74) is -1.49. The highest BCUT2D eigenvalue weighted by molar-refractivity contribution is 5.92. The first-order valence-corrected chi connectivity index (χ1v) is 10.1. The highest BCUT2D eigenvalue weighted by atomic mass is 19.4. The van der Waals surface area contributed by atoms with Crippen molar-refractivity contribution >= 4 is 11.9 Å². The van der Waals surface area contributed by atoms with Crippen LogP contribution in [0.1, 0.15) is 43.2 Å². The number of alkyl halides is 5. The average Bonchev–Trinajstić information content (AvgIpc) is 2.80. The van der Waals surface area contributed by atoms with Crippen molar-refractivity contribution in [3.8, 4) is 5.75 Å². The third-order valence-corrected chi connectivity index (χ3v) is 4.84. The number of halogens is 5. The summed E-state index contributed by atoms with van der Waals surface area (Å²) < 4.78 is 73.2. The third kappa shape index (κ3) is 6.75. The lowest BCUT2D eigenvalue weighted by atomic mass is 10.1. The van der Waals surface area contributed by atoms with Gasteiger partial charge in [0.25, 0.3) is 5.91 Å². The molecule has 0 unspecified atom stereocenters. The number of nitrogens with one attached hydrogen (secondary N) is 1. The van der Waals surface area contributed by atoms with Gasteiger partial charge in [0.05, 0.1) is 11.1 Å². The molecule has 0 fully saturated rings. The van der Waals surface area contributed by atoms with Gasteiger partial charge in [-0.2, -0.15) is 22.0 Å². The molecular weight excluding hydrogens is 475 g/mol. The van der Waals surface area contributed by atoms with E-state index in [2.05, 4.69) is 10.3 Å². The van der Waals surface area contributed by atoms with E-state index in [1.54, 1.807) is 0 Å². The summed E-state index contributed by atoms with van der Waals surface area (Å²) in [6, 6.07) is 11.2. The summed E-state index contributed by atoms with van der Waals surface area (Å²) in [5.74, 6) is -5.52. The number of hydrogen-bond acceptors (Lipinski definition) is 4. The number of aryl methyl sites for hydroxylation is 1. The summed E-state index contributed by atoms with van der Waals surface area (Å²) in [6.07, 6.45) is -4.54. The zero-order chi connectivity index (χ0) is 25.8. The number of ether oxygens (including phenoxy) is 1. The van der Waals surface area contributed by atoms with E-state index in [1.165, 1.54) is 43.3 Å². The lowest BCUT2D eigenvalue weighted by molar-refractivity contribution is -0.137. The quantitative estimate of drug-likeness (QED) is 0.420. The lowest BCUT2D eigenvalue weighted by Crippen LogP contribution is -2.27. The number of carbonyl (C=O) groups is 2. The van der Waals surface area contributed by atoms with Crippen LogP contribution in [0.4, 0.5) is 22.0 Å². The van der Waals surface area contributed by atoms with Gasteiger partial charge in [-0.25, -0.2) is 9.78 Å². The topological polar surface area (TPSA) is 88.5 Å². The molecule has 0 saturated heterocycles. The first-order valence-electron chi connectivity index (χ1n) is 10.1. The SMILES string of the molecule is Cc1cc(C(F)(F)COc2ccc(C(=O)O)cc2)cc(C(=O)NCc2cccc(C(F)(F)F)c2)n1. The van der Waals surface area contributed by atoms with Crippen LogP contribution < -0.4 is 10.1 Å². The number of aromatic carboxylic acids is 1. The second-order valence-corrected chi connectivity index (χ2v) is 7.59. The molecule has 6 nitrogen and oxygen atoms in total. The Balaban J connectivity index is 1.70. The number of amides is 1. The molecule has 1 amide bonds. The van der Waals surface area contributed by atoms with Gasteiger partial charge in [0.15, 0.2) is 6.61 Å². The maximum atomic E-state index is 14.8. The molecule has 184 valence electrons. The fraction of sp³-hybridized carbons (Fsp3) is 0.208. The molecule has 0 aliphatic rings. The van der Waals surface area contributed by atoms with Crippen molar-refractivity contribution in [3.63, 3.8) is 0 Å². The fourth-order valence-corrected chi connectivity index (χ4v) is 3.08. The van der Waals surface area contributed by atoms with Crippen molar-refractivity contribution in [1.82, 2.24) is 10.3 Å². The number of benzene rings is 2. The Morgan fingerprint density at radius 1 is 0.971 bits per heavy atom. The van der Waals surface area contributed by atoms with Crippen molar-refractivity contribution in [2.75, 3.05) is 6.61 Å². The van der Waals surface area contributed by atoms with E-state index in [-0.39, 0.29) is 34.8 Å². The van der Waals surface area contributed by atoms with Crippen LogP contribution in [0.25, 0.3) is 0 Å². The molecule has 1 heterocycles. The lowest BCUT2D eigenvalue weighted by Gasteiger charge is -2.19. The van der Waals surface area contributed by atoms with E-state index in [9.17, 15) is 31.5 Å². The van der Waals surface area contributed by atoms with Crippen molar-refractivity contribution < 1.29 is 41.4 Å². The zero-order valence-corrected chi connectivity index (χ0v) is 18.2. The van der Waals surface area contributed by atoms with Crippen LogP contribution in [0.15, 0.2) is 60.7 Å². The molecule has 0 aliphatic carbocycles. The van der Waals surface area contributed by atoms with Gasteiger partial charge in [-0.05, 0) is 61.0 Å². The predicted molar refractivity (Wildman–Crippen MR) is 114 cm³/mol. The van der Waals surface area contributed by atoms with Crippen LogP contribution in [0.3, 0.4) is 0 Å². The molecule has 0 bridgehead atoms. The number of carbonyl (C=O) groups excluding carboxylic acids is 1. The van der Waals surface area contributed by atoms with Gasteiger partial charge in [0.2, 0.25) is 0 Å². The van der Waals surface area contributed by atoms with Crippen LogP contribution in [-0.2, 0) is 18.6 Å². The Morgan fingerprint density at radius 2 is 1.66 bits per heavy atom. The van der Waals surface area contributed by atoms with Gasteiger partial charge >= 0.3 is 18.1 Å². The maximum absolute atomic E-state index is 14.8. The van der Waals surface area contributed by atoms with Crippen LogP contribution in [-0.4, -0.2) is 28.6 Å². The third-order valence-electron chi connectivity index (χ3n) is 4.84. The van der Waals surface area contributed by atoms with Crippen LogP contribution in [0.5, 0.6) is 5.75 Å². The first kappa shape index (κ1) is 25.6. The minimum absolute atomic E-state index is 0.0273. The first-order chi connectivity index (χ1) is 16.3. The fourth-order valence-electron chi connectivity index (χ4n) is 3.08.